The van der Waals surface area contributed by atoms with E-state index in [1.807, 2.05) is 0 Å². The van der Waals surface area contributed by atoms with Gasteiger partial charge in [-0.3, -0.25) is 4.98 Å². The molecule has 1 aliphatic heterocycles. The van der Waals surface area contributed by atoms with Crippen LogP contribution in [0.5, 0.6) is 5.75 Å². The summed E-state index contributed by atoms with van der Waals surface area (Å²) in [6, 6.07) is 6.94. The average Bonchev–Trinajstić information content (AvgIpc) is 3.08. The first-order valence-corrected chi connectivity index (χ1v) is 9.48. The molecule has 0 spiro atoms. The van der Waals surface area contributed by atoms with Crippen LogP contribution < -0.4 is 9.64 Å². The second-order valence-electron chi connectivity index (χ2n) is 7.42. The van der Waals surface area contributed by atoms with Gasteiger partial charge in [-0.25, -0.2) is 0 Å². The van der Waals surface area contributed by atoms with Crippen LogP contribution >= 0.6 is 0 Å². The topological polar surface area (TPSA) is 34.6 Å². The minimum Gasteiger partial charge on any atom is -0.495 e. The largest absolute Gasteiger partial charge is 0.495 e. The summed E-state index contributed by atoms with van der Waals surface area (Å²) < 4.78 is 49.1. The molecule has 1 fully saturated rings. The maximum absolute atomic E-state index is 12.7. The van der Waals surface area contributed by atoms with Crippen LogP contribution in [-0.2, 0) is 30.2 Å². The Bertz CT molecular complexity index is 831. The van der Waals surface area contributed by atoms with Crippen LogP contribution in [-0.4, -0.2) is 38.4 Å². The summed E-state index contributed by atoms with van der Waals surface area (Å²) in [4.78, 5) is 5.87. The number of alkyl halides is 3. The van der Waals surface area contributed by atoms with E-state index in [9.17, 15) is 13.2 Å². The number of halogens is 3. The molecule has 1 atom stereocenters. The Hall–Kier alpha value is -2.28. The third-order valence-corrected chi connectivity index (χ3v) is 5.51. The highest BCUT2D eigenvalue weighted by molar-refractivity contribution is 5.63. The number of aromatic nitrogens is 1. The van der Waals surface area contributed by atoms with E-state index in [2.05, 4.69) is 22.0 Å². The number of hydrogen-bond donors (Lipinski definition) is 0. The molecule has 4 rings (SSSR count). The molecule has 150 valence electrons. The zero-order valence-corrected chi connectivity index (χ0v) is 15.8. The molecule has 1 saturated heterocycles. The van der Waals surface area contributed by atoms with Crippen molar-refractivity contribution in [2.45, 2.75) is 25.4 Å². The van der Waals surface area contributed by atoms with E-state index in [4.69, 9.17) is 9.47 Å². The zero-order valence-electron chi connectivity index (χ0n) is 15.8. The molecule has 1 aromatic carbocycles. The van der Waals surface area contributed by atoms with Gasteiger partial charge in [-0.05, 0) is 60.1 Å². The van der Waals surface area contributed by atoms with E-state index in [0.29, 0.717) is 19.1 Å². The monoisotopic (exact) mass is 392 g/mol. The SMILES string of the molecule is COc1cc2c(cc1N1CCOCC1)CC(Cc1ccc(C(F)(F)F)nc1)C2. The van der Waals surface area contributed by atoms with Gasteiger partial charge in [0.25, 0.3) is 0 Å². The molecule has 0 saturated carbocycles. The minimum atomic E-state index is -4.39. The Kier molecular flexibility index (Phi) is 5.19. The quantitative estimate of drug-likeness (QED) is 0.791. The number of pyridine rings is 1. The molecular weight excluding hydrogens is 369 g/mol. The van der Waals surface area contributed by atoms with Gasteiger partial charge in [-0.1, -0.05) is 6.07 Å². The maximum Gasteiger partial charge on any atom is 0.433 e. The highest BCUT2D eigenvalue weighted by Gasteiger charge is 2.32. The lowest BCUT2D eigenvalue weighted by Crippen LogP contribution is -2.36. The third-order valence-electron chi connectivity index (χ3n) is 5.51. The van der Waals surface area contributed by atoms with Crippen LogP contribution in [0.1, 0.15) is 22.4 Å². The number of methoxy groups -OCH3 is 1. The molecule has 0 radical (unpaired) electrons. The maximum atomic E-state index is 12.7. The Morgan fingerprint density at radius 2 is 1.86 bits per heavy atom. The number of rotatable bonds is 4. The van der Waals surface area contributed by atoms with Crippen molar-refractivity contribution in [3.8, 4) is 5.75 Å². The Morgan fingerprint density at radius 3 is 2.46 bits per heavy atom. The van der Waals surface area contributed by atoms with Gasteiger partial charge < -0.3 is 14.4 Å². The van der Waals surface area contributed by atoms with E-state index < -0.39 is 11.9 Å². The first-order chi connectivity index (χ1) is 13.4. The van der Waals surface area contributed by atoms with E-state index in [-0.39, 0.29) is 0 Å². The number of benzene rings is 1. The molecular formula is C21H23F3N2O2. The van der Waals surface area contributed by atoms with Crippen molar-refractivity contribution in [3.05, 3.63) is 52.8 Å². The fourth-order valence-electron chi connectivity index (χ4n) is 4.13. The van der Waals surface area contributed by atoms with Crippen LogP contribution in [0.3, 0.4) is 0 Å². The van der Waals surface area contributed by atoms with Crippen LogP contribution in [0.25, 0.3) is 0 Å². The van der Waals surface area contributed by atoms with Gasteiger partial charge in [0, 0.05) is 19.3 Å². The van der Waals surface area contributed by atoms with E-state index in [1.165, 1.54) is 17.3 Å². The first-order valence-electron chi connectivity index (χ1n) is 9.48. The average molecular weight is 392 g/mol. The standard InChI is InChI=1S/C21H23F3N2O2/c1-27-19-12-17-10-15(8-14-2-3-20(25-13-14)21(22,23)24)9-16(17)11-18(19)26-4-6-28-7-5-26/h2-3,11-13,15H,4-10H2,1H3. The van der Waals surface area contributed by atoms with Crippen molar-refractivity contribution in [1.29, 1.82) is 0 Å². The summed E-state index contributed by atoms with van der Waals surface area (Å²) in [6.07, 6.45) is -0.511. The van der Waals surface area contributed by atoms with Crippen LogP contribution in [0.4, 0.5) is 18.9 Å². The number of anilines is 1. The third kappa shape index (κ3) is 3.94. The molecule has 28 heavy (non-hydrogen) atoms. The fraction of sp³-hybridized carbons (Fsp3) is 0.476. The second kappa shape index (κ2) is 7.62. The van der Waals surface area contributed by atoms with Gasteiger partial charge in [0.2, 0.25) is 0 Å². The Balaban J connectivity index is 1.48. The molecule has 0 amide bonds. The van der Waals surface area contributed by atoms with Crippen molar-refractivity contribution < 1.29 is 22.6 Å². The van der Waals surface area contributed by atoms with E-state index >= 15 is 0 Å². The lowest BCUT2D eigenvalue weighted by atomic mass is 9.97. The fourth-order valence-corrected chi connectivity index (χ4v) is 4.13. The Labute approximate surface area is 162 Å². The summed E-state index contributed by atoms with van der Waals surface area (Å²) in [5.41, 5.74) is 3.66. The van der Waals surface area contributed by atoms with Gasteiger partial charge in [0.1, 0.15) is 11.4 Å². The predicted octanol–water partition coefficient (Wildman–Crippen LogP) is 3.90. The first kappa shape index (κ1) is 19.1. The number of ether oxygens (including phenoxy) is 2. The lowest BCUT2D eigenvalue weighted by Gasteiger charge is -2.30. The molecule has 1 unspecified atom stereocenters. The molecule has 2 aromatic rings. The highest BCUT2D eigenvalue weighted by Crippen LogP contribution is 2.38. The smallest absolute Gasteiger partial charge is 0.433 e. The van der Waals surface area contributed by atoms with Crippen molar-refractivity contribution in [2.24, 2.45) is 5.92 Å². The van der Waals surface area contributed by atoms with Gasteiger partial charge in [-0.2, -0.15) is 13.2 Å². The van der Waals surface area contributed by atoms with E-state index in [0.717, 1.165) is 55.4 Å². The zero-order chi connectivity index (χ0) is 19.7. The van der Waals surface area contributed by atoms with E-state index in [1.54, 1.807) is 13.2 Å². The van der Waals surface area contributed by atoms with Crippen molar-refractivity contribution in [3.63, 3.8) is 0 Å². The molecule has 1 aromatic heterocycles. The predicted molar refractivity (Wildman–Crippen MR) is 99.9 cm³/mol. The summed E-state index contributed by atoms with van der Waals surface area (Å²) in [5, 5.41) is 0. The summed E-state index contributed by atoms with van der Waals surface area (Å²) in [6.45, 7) is 3.11. The molecule has 1 aliphatic carbocycles. The summed E-state index contributed by atoms with van der Waals surface area (Å²) in [7, 11) is 1.69. The van der Waals surface area contributed by atoms with Crippen molar-refractivity contribution in [1.82, 2.24) is 4.98 Å². The van der Waals surface area contributed by atoms with Gasteiger partial charge in [0.05, 0.1) is 26.0 Å². The molecule has 4 nitrogen and oxygen atoms in total. The minimum absolute atomic E-state index is 0.359. The van der Waals surface area contributed by atoms with Crippen LogP contribution in [0.15, 0.2) is 30.5 Å². The molecule has 0 bridgehead atoms. The van der Waals surface area contributed by atoms with Gasteiger partial charge in [0.15, 0.2) is 0 Å². The lowest BCUT2D eigenvalue weighted by molar-refractivity contribution is -0.141. The second-order valence-corrected chi connectivity index (χ2v) is 7.42. The summed E-state index contributed by atoms with van der Waals surface area (Å²) in [5.74, 6) is 1.23. The molecule has 2 heterocycles. The number of hydrogen-bond acceptors (Lipinski definition) is 4. The summed E-state index contributed by atoms with van der Waals surface area (Å²) >= 11 is 0. The number of fused-ring (bicyclic) bond motifs is 1. The number of nitrogens with zero attached hydrogens (tertiary/aromatic N) is 2. The molecule has 0 N–H and O–H groups in total. The van der Waals surface area contributed by atoms with Gasteiger partial charge in [-0.15, -0.1) is 0 Å². The van der Waals surface area contributed by atoms with Gasteiger partial charge >= 0.3 is 6.18 Å². The normalized spacial score (nSPS) is 19.6. The van der Waals surface area contributed by atoms with Crippen molar-refractivity contribution in [2.75, 3.05) is 38.3 Å². The highest BCUT2D eigenvalue weighted by atomic mass is 19.4. The van der Waals surface area contributed by atoms with Crippen LogP contribution in [0.2, 0.25) is 0 Å². The molecule has 7 heteroatoms. The number of morpholine rings is 1. The Morgan fingerprint density at radius 1 is 1.14 bits per heavy atom. The van der Waals surface area contributed by atoms with Crippen molar-refractivity contribution >= 4 is 5.69 Å². The van der Waals surface area contributed by atoms with Crippen LogP contribution in [0, 0.1) is 5.92 Å². The molecule has 2 aliphatic rings.